The molecule has 1 saturated carbocycles. The van der Waals surface area contributed by atoms with E-state index in [-0.39, 0.29) is 47.5 Å². The van der Waals surface area contributed by atoms with Gasteiger partial charge >= 0.3 is 0 Å². The fourth-order valence-corrected chi connectivity index (χ4v) is 5.55. The minimum Gasteiger partial charge on any atom is -0.437 e. The number of pyridine rings is 1. The van der Waals surface area contributed by atoms with Crippen molar-refractivity contribution in [1.82, 2.24) is 10.3 Å². The van der Waals surface area contributed by atoms with Crippen molar-refractivity contribution in [2.24, 2.45) is 0 Å². The van der Waals surface area contributed by atoms with Crippen LogP contribution in [0.4, 0.5) is 10.2 Å². The molecular weight excluding hydrogens is 497 g/mol. The Labute approximate surface area is 203 Å². The Bertz CT molecular complexity index is 1490. The summed E-state index contributed by atoms with van der Waals surface area (Å²) in [6.45, 7) is -0.0715. The van der Waals surface area contributed by atoms with Crippen LogP contribution in [0.5, 0.6) is 0 Å². The van der Waals surface area contributed by atoms with Crippen molar-refractivity contribution in [3.8, 4) is 11.3 Å². The number of rotatable bonds is 9. The Kier molecular flexibility index (Phi) is 6.62. The highest BCUT2D eigenvalue weighted by atomic mass is 32.2. The van der Waals surface area contributed by atoms with Gasteiger partial charge in [0.25, 0.3) is 5.91 Å². The van der Waals surface area contributed by atoms with Crippen molar-refractivity contribution in [3.05, 3.63) is 47.3 Å². The zero-order valence-corrected chi connectivity index (χ0v) is 21.2. The second kappa shape index (κ2) is 9.23. The lowest BCUT2D eigenvalue weighted by atomic mass is 10.0. The highest BCUT2D eigenvalue weighted by molar-refractivity contribution is 7.92. The number of nitrogens with zero attached hydrogens (tertiary/aromatic N) is 2. The molecule has 188 valence electrons. The first kappa shape index (κ1) is 25.1. The third-order valence-corrected chi connectivity index (χ3v) is 7.97. The third kappa shape index (κ3) is 5.48. The van der Waals surface area contributed by atoms with Gasteiger partial charge in [-0.15, -0.1) is 0 Å². The molecule has 1 N–H and O–H groups in total. The SMILES string of the molecule is CNC(=O)c1c(-c2ccc(F)cc2)oc2nc(N(CCCS(C)(=O)=O)S(C)(=O)=O)c(C3CC3)cc12. The van der Waals surface area contributed by atoms with E-state index in [9.17, 15) is 26.0 Å². The number of carbonyl (C=O) groups excluding carboxylic acids is 1. The minimum absolute atomic E-state index is 0.0547. The average Bonchev–Trinajstić information content (AvgIpc) is 3.55. The third-order valence-electron chi connectivity index (χ3n) is 5.78. The van der Waals surface area contributed by atoms with E-state index in [0.717, 1.165) is 29.7 Å². The van der Waals surface area contributed by atoms with E-state index in [4.69, 9.17) is 4.42 Å². The first-order chi connectivity index (χ1) is 16.4. The maximum Gasteiger partial charge on any atom is 0.255 e. The Morgan fingerprint density at radius 2 is 1.83 bits per heavy atom. The van der Waals surface area contributed by atoms with Gasteiger partial charge in [-0.25, -0.2) is 21.2 Å². The highest BCUT2D eigenvalue weighted by Gasteiger charge is 2.34. The summed E-state index contributed by atoms with van der Waals surface area (Å²) >= 11 is 0. The van der Waals surface area contributed by atoms with Crippen molar-refractivity contribution in [2.45, 2.75) is 25.2 Å². The number of aromatic nitrogens is 1. The molecule has 2 heterocycles. The molecule has 9 nitrogen and oxygen atoms in total. The van der Waals surface area contributed by atoms with E-state index in [1.165, 1.54) is 31.3 Å². The van der Waals surface area contributed by atoms with E-state index in [1.54, 1.807) is 6.07 Å². The molecule has 3 aromatic rings. The van der Waals surface area contributed by atoms with Crippen molar-refractivity contribution in [3.63, 3.8) is 0 Å². The summed E-state index contributed by atoms with van der Waals surface area (Å²) in [6, 6.07) is 7.19. The van der Waals surface area contributed by atoms with Crippen LogP contribution in [-0.4, -0.2) is 59.6 Å². The Morgan fingerprint density at radius 3 is 2.37 bits per heavy atom. The van der Waals surface area contributed by atoms with Crippen molar-refractivity contribution >= 4 is 42.7 Å². The number of amides is 1. The summed E-state index contributed by atoms with van der Waals surface area (Å²) in [7, 11) is -5.60. The summed E-state index contributed by atoms with van der Waals surface area (Å²) < 4.78 is 69.1. The van der Waals surface area contributed by atoms with Crippen LogP contribution in [0.15, 0.2) is 34.7 Å². The first-order valence-electron chi connectivity index (χ1n) is 11.0. The largest absolute Gasteiger partial charge is 0.437 e. The maximum atomic E-state index is 13.5. The number of halogens is 1. The molecule has 1 fully saturated rings. The van der Waals surface area contributed by atoms with E-state index >= 15 is 0 Å². The van der Waals surface area contributed by atoms with Crippen LogP contribution in [0, 0.1) is 5.82 Å². The van der Waals surface area contributed by atoms with Gasteiger partial charge in [-0.2, -0.15) is 4.98 Å². The molecule has 1 aliphatic rings. The molecule has 0 aliphatic heterocycles. The molecule has 0 spiro atoms. The number of hydrogen-bond donors (Lipinski definition) is 1. The number of sulfone groups is 1. The summed E-state index contributed by atoms with van der Waals surface area (Å²) in [4.78, 5) is 17.4. The van der Waals surface area contributed by atoms with Gasteiger partial charge in [-0.3, -0.25) is 9.10 Å². The fourth-order valence-electron chi connectivity index (χ4n) is 3.98. The number of fused-ring (bicyclic) bond motifs is 1. The standard InChI is InChI=1S/C23H26FN3O6S2/c1-25-22(28)19-18-13-17(14-5-6-14)21(27(35(3,31)32)11-4-12-34(2,29)30)26-23(18)33-20(19)15-7-9-16(24)10-8-15/h7-10,13-14H,4-6,11-12H2,1-3H3,(H,25,28). The van der Waals surface area contributed by atoms with E-state index in [2.05, 4.69) is 10.3 Å². The molecule has 4 rings (SSSR count). The van der Waals surface area contributed by atoms with Crippen molar-refractivity contribution in [2.75, 3.05) is 36.2 Å². The summed E-state index contributed by atoms with van der Waals surface area (Å²) in [5.74, 6) is -0.625. The summed E-state index contributed by atoms with van der Waals surface area (Å²) in [5.41, 5.74) is 1.39. The molecule has 35 heavy (non-hydrogen) atoms. The molecule has 0 unspecified atom stereocenters. The lowest BCUT2D eigenvalue weighted by Gasteiger charge is -2.23. The predicted molar refractivity (Wildman–Crippen MR) is 131 cm³/mol. The minimum atomic E-state index is -3.80. The molecule has 12 heteroatoms. The Balaban J connectivity index is 1.90. The Morgan fingerprint density at radius 1 is 1.17 bits per heavy atom. The lowest BCUT2D eigenvalue weighted by molar-refractivity contribution is 0.0964. The molecule has 0 atom stereocenters. The van der Waals surface area contributed by atoms with Gasteiger partial charge in [0.05, 0.1) is 23.0 Å². The van der Waals surface area contributed by atoms with Gasteiger partial charge in [0.15, 0.2) is 0 Å². The monoisotopic (exact) mass is 523 g/mol. The smallest absolute Gasteiger partial charge is 0.255 e. The van der Waals surface area contributed by atoms with E-state index < -0.39 is 31.6 Å². The number of anilines is 1. The fraction of sp³-hybridized carbons (Fsp3) is 0.391. The van der Waals surface area contributed by atoms with Crippen LogP contribution in [0.25, 0.3) is 22.4 Å². The molecule has 0 saturated heterocycles. The number of carbonyl (C=O) groups is 1. The van der Waals surface area contributed by atoms with Gasteiger partial charge in [0.1, 0.15) is 27.2 Å². The normalized spacial score (nSPS) is 14.3. The van der Waals surface area contributed by atoms with Gasteiger partial charge in [-0.1, -0.05) is 0 Å². The summed E-state index contributed by atoms with van der Waals surface area (Å²) in [6.07, 6.45) is 3.90. The van der Waals surface area contributed by atoms with Crippen LogP contribution in [0.3, 0.4) is 0 Å². The predicted octanol–water partition coefficient (Wildman–Crippen LogP) is 3.07. The maximum absolute atomic E-state index is 13.5. The first-order valence-corrected chi connectivity index (χ1v) is 14.9. The van der Waals surface area contributed by atoms with E-state index in [0.29, 0.717) is 16.5 Å². The molecular formula is C23H26FN3O6S2. The average molecular weight is 524 g/mol. The van der Waals surface area contributed by atoms with Gasteiger partial charge in [0.2, 0.25) is 15.7 Å². The number of benzene rings is 1. The number of nitrogens with one attached hydrogen (secondary N) is 1. The number of furan rings is 1. The molecule has 0 bridgehead atoms. The molecule has 1 aromatic carbocycles. The molecule has 2 aromatic heterocycles. The molecule has 1 aliphatic carbocycles. The summed E-state index contributed by atoms with van der Waals surface area (Å²) in [5, 5.41) is 3.00. The van der Waals surface area contributed by atoms with Crippen LogP contribution in [0.2, 0.25) is 0 Å². The highest BCUT2D eigenvalue weighted by Crippen LogP contribution is 2.46. The second-order valence-corrected chi connectivity index (χ2v) is 12.9. The topological polar surface area (TPSA) is 127 Å². The van der Waals surface area contributed by atoms with Crippen LogP contribution >= 0.6 is 0 Å². The zero-order valence-electron chi connectivity index (χ0n) is 19.5. The van der Waals surface area contributed by atoms with Crippen molar-refractivity contribution < 1.29 is 30.4 Å². The number of sulfonamides is 1. The van der Waals surface area contributed by atoms with E-state index in [1.807, 2.05) is 0 Å². The van der Waals surface area contributed by atoms with Crippen LogP contribution < -0.4 is 9.62 Å². The van der Waals surface area contributed by atoms with Gasteiger partial charge in [-0.05, 0) is 61.1 Å². The van der Waals surface area contributed by atoms with Crippen LogP contribution in [-0.2, 0) is 19.9 Å². The van der Waals surface area contributed by atoms with Crippen molar-refractivity contribution in [1.29, 1.82) is 0 Å². The lowest BCUT2D eigenvalue weighted by Crippen LogP contribution is -2.33. The quantitative estimate of drug-likeness (QED) is 0.457. The zero-order chi connectivity index (χ0) is 25.5. The number of hydrogen-bond acceptors (Lipinski definition) is 7. The van der Waals surface area contributed by atoms with Gasteiger partial charge in [0, 0.05) is 25.4 Å². The second-order valence-electron chi connectivity index (χ2n) is 8.74. The van der Waals surface area contributed by atoms with Crippen LogP contribution in [0.1, 0.15) is 41.1 Å². The van der Waals surface area contributed by atoms with Gasteiger partial charge < -0.3 is 9.73 Å². The molecule has 1 amide bonds. The Hall–Kier alpha value is -2.99. The molecule has 0 radical (unpaired) electrons.